The first kappa shape index (κ1) is 11.4. The molecule has 0 fully saturated rings. The normalized spacial score (nSPS) is 11.1. The number of aryl methyl sites for hydroxylation is 1. The first-order valence-electron chi connectivity index (χ1n) is 5.09. The van der Waals surface area contributed by atoms with Crippen molar-refractivity contribution in [3.05, 3.63) is 33.2 Å². The molecule has 2 rings (SSSR count). The lowest BCUT2D eigenvalue weighted by Crippen LogP contribution is -2.17. The molecule has 1 N–H and O–H groups in total. The van der Waals surface area contributed by atoms with Crippen LogP contribution in [0.4, 0.5) is 0 Å². The molecule has 0 atom stereocenters. The summed E-state index contributed by atoms with van der Waals surface area (Å²) < 4.78 is 7.69. The maximum absolute atomic E-state index is 11.7. The van der Waals surface area contributed by atoms with Crippen LogP contribution in [0, 0.1) is 0 Å². The van der Waals surface area contributed by atoms with Gasteiger partial charge in [0.05, 0.1) is 11.0 Å². The number of benzene rings is 1. The van der Waals surface area contributed by atoms with Crippen molar-refractivity contribution < 1.29 is 4.74 Å². The van der Waals surface area contributed by atoms with E-state index in [9.17, 15) is 4.79 Å². The number of halogens is 1. The highest BCUT2D eigenvalue weighted by molar-refractivity contribution is 9.10. The van der Waals surface area contributed by atoms with Gasteiger partial charge < -0.3 is 9.72 Å². The standard InChI is InChI=1S/C11H13BrN2O2/c1-16-6-2-5-14-10-7-8(12)3-4-9(10)13-11(14)15/h3-4,7H,2,5-6H2,1H3,(H,13,15). The molecule has 0 spiro atoms. The van der Waals surface area contributed by atoms with Gasteiger partial charge in [0, 0.05) is 24.7 Å². The van der Waals surface area contributed by atoms with Crippen molar-refractivity contribution in [1.82, 2.24) is 9.55 Å². The number of rotatable bonds is 4. The van der Waals surface area contributed by atoms with Crippen LogP contribution in [0.5, 0.6) is 0 Å². The van der Waals surface area contributed by atoms with E-state index in [2.05, 4.69) is 20.9 Å². The molecule has 2 aromatic rings. The van der Waals surface area contributed by atoms with E-state index in [-0.39, 0.29) is 5.69 Å². The van der Waals surface area contributed by atoms with E-state index in [0.717, 1.165) is 21.9 Å². The smallest absolute Gasteiger partial charge is 0.326 e. The molecule has 1 aromatic carbocycles. The van der Waals surface area contributed by atoms with E-state index in [1.54, 1.807) is 11.7 Å². The molecule has 0 aliphatic heterocycles. The van der Waals surface area contributed by atoms with E-state index in [4.69, 9.17) is 4.74 Å². The third-order valence-corrected chi connectivity index (χ3v) is 2.96. The lowest BCUT2D eigenvalue weighted by Gasteiger charge is -2.02. The minimum absolute atomic E-state index is 0.0656. The summed E-state index contributed by atoms with van der Waals surface area (Å²) in [7, 11) is 1.66. The number of aromatic nitrogens is 2. The Morgan fingerprint density at radius 1 is 1.50 bits per heavy atom. The number of nitrogens with one attached hydrogen (secondary N) is 1. The van der Waals surface area contributed by atoms with E-state index in [1.807, 2.05) is 18.2 Å². The molecule has 0 bridgehead atoms. The highest BCUT2D eigenvalue weighted by atomic mass is 79.9. The van der Waals surface area contributed by atoms with Gasteiger partial charge in [0.15, 0.2) is 0 Å². The van der Waals surface area contributed by atoms with E-state index in [1.165, 1.54) is 0 Å². The zero-order valence-electron chi connectivity index (χ0n) is 9.00. The molecule has 0 unspecified atom stereocenters. The Morgan fingerprint density at radius 3 is 3.06 bits per heavy atom. The summed E-state index contributed by atoms with van der Waals surface area (Å²) in [5.74, 6) is 0. The third kappa shape index (κ3) is 2.20. The highest BCUT2D eigenvalue weighted by Gasteiger charge is 2.06. The summed E-state index contributed by atoms with van der Waals surface area (Å²) in [6.07, 6.45) is 0.829. The van der Waals surface area contributed by atoms with E-state index >= 15 is 0 Å². The number of hydrogen-bond acceptors (Lipinski definition) is 2. The molecule has 86 valence electrons. The maximum atomic E-state index is 11.7. The zero-order chi connectivity index (χ0) is 11.5. The summed E-state index contributed by atoms with van der Waals surface area (Å²) in [4.78, 5) is 14.5. The molecular weight excluding hydrogens is 272 g/mol. The second-order valence-electron chi connectivity index (χ2n) is 3.59. The van der Waals surface area contributed by atoms with Crippen LogP contribution in [0.1, 0.15) is 6.42 Å². The lowest BCUT2D eigenvalue weighted by molar-refractivity contribution is 0.190. The summed E-state index contributed by atoms with van der Waals surface area (Å²) in [6, 6.07) is 5.76. The number of methoxy groups -OCH3 is 1. The van der Waals surface area contributed by atoms with Gasteiger partial charge >= 0.3 is 5.69 Å². The van der Waals surface area contributed by atoms with Gasteiger partial charge in [-0.25, -0.2) is 4.79 Å². The van der Waals surface area contributed by atoms with Crippen molar-refractivity contribution in [2.75, 3.05) is 13.7 Å². The fourth-order valence-corrected chi connectivity index (χ4v) is 2.06. The number of nitrogens with zero attached hydrogens (tertiary/aromatic N) is 1. The molecule has 1 aromatic heterocycles. The number of aromatic amines is 1. The van der Waals surface area contributed by atoms with Crippen LogP contribution in [0.15, 0.2) is 27.5 Å². The van der Waals surface area contributed by atoms with Crippen LogP contribution in [0.2, 0.25) is 0 Å². The van der Waals surface area contributed by atoms with Crippen LogP contribution < -0.4 is 5.69 Å². The number of hydrogen-bond donors (Lipinski definition) is 1. The molecule has 0 aliphatic carbocycles. The van der Waals surface area contributed by atoms with Gasteiger partial charge in [-0.05, 0) is 24.6 Å². The Kier molecular flexibility index (Phi) is 3.46. The van der Waals surface area contributed by atoms with Crippen LogP contribution in [0.25, 0.3) is 11.0 Å². The SMILES string of the molecule is COCCCn1c(=O)[nH]c2ccc(Br)cc21. The monoisotopic (exact) mass is 284 g/mol. The molecule has 4 nitrogen and oxygen atoms in total. The Hall–Kier alpha value is -1.07. The van der Waals surface area contributed by atoms with Crippen molar-refractivity contribution >= 4 is 27.0 Å². The first-order chi connectivity index (χ1) is 7.72. The number of H-pyrrole nitrogens is 1. The van der Waals surface area contributed by atoms with Crippen molar-refractivity contribution in [2.45, 2.75) is 13.0 Å². The van der Waals surface area contributed by atoms with Crippen molar-refractivity contribution in [2.24, 2.45) is 0 Å². The largest absolute Gasteiger partial charge is 0.385 e. The molecule has 0 saturated carbocycles. The quantitative estimate of drug-likeness (QED) is 0.875. The molecule has 0 radical (unpaired) electrons. The second kappa shape index (κ2) is 4.84. The fraction of sp³-hybridized carbons (Fsp3) is 0.364. The minimum Gasteiger partial charge on any atom is -0.385 e. The number of ether oxygens (including phenoxy) is 1. The van der Waals surface area contributed by atoms with Gasteiger partial charge in [-0.1, -0.05) is 15.9 Å². The van der Waals surface area contributed by atoms with E-state index < -0.39 is 0 Å². The van der Waals surface area contributed by atoms with Gasteiger partial charge in [0.2, 0.25) is 0 Å². The predicted octanol–water partition coefficient (Wildman–Crippen LogP) is 2.13. The Bertz CT molecular complexity index is 544. The van der Waals surface area contributed by atoms with Crippen molar-refractivity contribution in [3.8, 4) is 0 Å². The number of imidazole rings is 1. The second-order valence-corrected chi connectivity index (χ2v) is 4.51. The van der Waals surface area contributed by atoms with Gasteiger partial charge in [-0.3, -0.25) is 4.57 Å². The fourth-order valence-electron chi connectivity index (χ4n) is 1.71. The molecule has 0 saturated heterocycles. The summed E-state index contributed by atoms with van der Waals surface area (Å²) in [6.45, 7) is 1.33. The van der Waals surface area contributed by atoms with Crippen LogP contribution >= 0.6 is 15.9 Å². The Labute approximate surface area is 101 Å². The van der Waals surface area contributed by atoms with E-state index in [0.29, 0.717) is 13.2 Å². The zero-order valence-corrected chi connectivity index (χ0v) is 10.6. The number of fused-ring (bicyclic) bond motifs is 1. The van der Waals surface area contributed by atoms with Gasteiger partial charge in [-0.2, -0.15) is 0 Å². The average Bonchev–Trinajstić information content (AvgIpc) is 2.56. The first-order valence-corrected chi connectivity index (χ1v) is 5.88. The molecule has 0 aliphatic rings. The van der Waals surface area contributed by atoms with Crippen molar-refractivity contribution in [1.29, 1.82) is 0 Å². The molecule has 0 amide bonds. The Balaban J connectivity index is 2.38. The van der Waals surface area contributed by atoms with Gasteiger partial charge in [-0.15, -0.1) is 0 Å². The molecule has 1 heterocycles. The maximum Gasteiger partial charge on any atom is 0.326 e. The lowest BCUT2D eigenvalue weighted by atomic mass is 10.3. The highest BCUT2D eigenvalue weighted by Crippen LogP contribution is 2.17. The minimum atomic E-state index is -0.0656. The average molecular weight is 285 g/mol. The molecule has 5 heteroatoms. The van der Waals surface area contributed by atoms with Gasteiger partial charge in [0.25, 0.3) is 0 Å². The molecular formula is C11H13BrN2O2. The third-order valence-electron chi connectivity index (χ3n) is 2.47. The topological polar surface area (TPSA) is 47.0 Å². The predicted molar refractivity (Wildman–Crippen MR) is 66.8 cm³/mol. The van der Waals surface area contributed by atoms with Crippen molar-refractivity contribution in [3.63, 3.8) is 0 Å². The van der Waals surface area contributed by atoms with Gasteiger partial charge in [0.1, 0.15) is 0 Å². The van der Waals surface area contributed by atoms with Crippen LogP contribution in [-0.2, 0) is 11.3 Å². The summed E-state index contributed by atoms with van der Waals surface area (Å²) in [5, 5.41) is 0. The van der Waals surface area contributed by atoms with Crippen LogP contribution in [0.3, 0.4) is 0 Å². The Morgan fingerprint density at radius 2 is 2.31 bits per heavy atom. The summed E-state index contributed by atoms with van der Waals surface area (Å²) >= 11 is 3.40. The van der Waals surface area contributed by atoms with Crippen LogP contribution in [-0.4, -0.2) is 23.3 Å². The summed E-state index contributed by atoms with van der Waals surface area (Å²) in [5.41, 5.74) is 1.73. The molecule has 16 heavy (non-hydrogen) atoms.